The Balaban J connectivity index is 1.61. The maximum atomic E-state index is 8.70. The van der Waals surface area contributed by atoms with Crippen LogP contribution in [-0.4, -0.2) is 35.3 Å². The van der Waals surface area contributed by atoms with Crippen LogP contribution >= 0.6 is 15.9 Å². The summed E-state index contributed by atoms with van der Waals surface area (Å²) >= 11 is 3.50. The van der Waals surface area contributed by atoms with Gasteiger partial charge >= 0.3 is 0 Å². The molecule has 1 unspecified atom stereocenters. The summed E-state index contributed by atoms with van der Waals surface area (Å²) < 4.78 is 7.17. The Morgan fingerprint density at radius 2 is 2.15 bits per heavy atom. The summed E-state index contributed by atoms with van der Waals surface area (Å²) in [5.41, 5.74) is 6.90. The number of ether oxygens (including phenoxy) is 1. The first kappa shape index (κ1) is 13.5. The Kier molecular flexibility index (Phi) is 3.74. The highest BCUT2D eigenvalue weighted by Crippen LogP contribution is 2.36. The third-order valence-electron chi connectivity index (χ3n) is 4.21. The smallest absolute Gasteiger partial charge is 0.233 e. The number of oxime groups is 1. The zero-order chi connectivity index (χ0) is 14.1. The van der Waals surface area contributed by atoms with Crippen molar-refractivity contribution in [1.82, 2.24) is 4.90 Å². The van der Waals surface area contributed by atoms with E-state index in [9.17, 15) is 0 Å². The predicted octanol–water partition coefficient (Wildman–Crippen LogP) is 2.17. The maximum absolute atomic E-state index is 8.70. The zero-order valence-corrected chi connectivity index (χ0v) is 12.7. The Bertz CT molecular complexity index is 527. The van der Waals surface area contributed by atoms with Crippen molar-refractivity contribution in [2.45, 2.75) is 25.4 Å². The number of hydrogen-bond donors (Lipinski definition) is 2. The summed E-state index contributed by atoms with van der Waals surface area (Å²) in [4.78, 5) is 1.91. The molecule has 0 spiro atoms. The van der Waals surface area contributed by atoms with E-state index in [1.165, 1.54) is 5.56 Å². The van der Waals surface area contributed by atoms with Crippen molar-refractivity contribution in [3.63, 3.8) is 0 Å². The van der Waals surface area contributed by atoms with Crippen molar-refractivity contribution < 1.29 is 9.94 Å². The van der Waals surface area contributed by atoms with E-state index in [4.69, 9.17) is 15.7 Å². The molecule has 0 aliphatic carbocycles. The minimum absolute atomic E-state index is 0.211. The summed E-state index contributed by atoms with van der Waals surface area (Å²) in [7, 11) is 0. The SMILES string of the molecule is N/C(=N\O)N1CCC(C2Cc3cc(Br)ccc3O2)CC1. The van der Waals surface area contributed by atoms with Crippen molar-refractivity contribution >= 4 is 21.9 Å². The molecule has 1 fully saturated rings. The van der Waals surface area contributed by atoms with Gasteiger partial charge in [0.25, 0.3) is 0 Å². The number of guanidine groups is 1. The molecule has 1 aromatic carbocycles. The molecule has 2 heterocycles. The summed E-state index contributed by atoms with van der Waals surface area (Å²) in [6.45, 7) is 1.64. The second kappa shape index (κ2) is 5.52. The Hall–Kier alpha value is -1.43. The van der Waals surface area contributed by atoms with Crippen LogP contribution in [0, 0.1) is 5.92 Å². The molecule has 3 N–H and O–H groups in total. The van der Waals surface area contributed by atoms with Gasteiger partial charge in [0.2, 0.25) is 5.96 Å². The molecule has 1 saturated heterocycles. The molecule has 1 aromatic rings. The van der Waals surface area contributed by atoms with E-state index >= 15 is 0 Å². The normalized spacial score (nSPS) is 23.6. The third kappa shape index (κ3) is 2.57. The largest absolute Gasteiger partial charge is 0.490 e. The highest BCUT2D eigenvalue weighted by atomic mass is 79.9. The second-order valence-corrected chi connectivity index (χ2v) is 6.31. The first-order valence-electron chi connectivity index (χ1n) is 6.85. The van der Waals surface area contributed by atoms with Crippen LogP contribution in [0.1, 0.15) is 18.4 Å². The molecular formula is C14H18BrN3O2. The molecule has 0 radical (unpaired) electrons. The van der Waals surface area contributed by atoms with E-state index in [-0.39, 0.29) is 12.1 Å². The molecule has 2 aliphatic heterocycles. The molecular weight excluding hydrogens is 322 g/mol. The quantitative estimate of drug-likeness (QED) is 0.356. The number of nitrogens with two attached hydrogens (primary N) is 1. The lowest BCUT2D eigenvalue weighted by molar-refractivity contribution is 0.112. The van der Waals surface area contributed by atoms with Gasteiger partial charge in [0, 0.05) is 24.0 Å². The first-order chi connectivity index (χ1) is 9.67. The predicted molar refractivity (Wildman–Crippen MR) is 80.0 cm³/mol. The Morgan fingerprint density at radius 1 is 1.40 bits per heavy atom. The van der Waals surface area contributed by atoms with Crippen LogP contribution in [0.25, 0.3) is 0 Å². The Morgan fingerprint density at radius 3 is 2.85 bits per heavy atom. The van der Waals surface area contributed by atoms with Crippen LogP contribution in [0.5, 0.6) is 5.75 Å². The molecule has 20 heavy (non-hydrogen) atoms. The van der Waals surface area contributed by atoms with Gasteiger partial charge in [-0.1, -0.05) is 21.1 Å². The minimum atomic E-state index is 0.211. The van der Waals surface area contributed by atoms with Gasteiger partial charge < -0.3 is 20.6 Å². The average molecular weight is 340 g/mol. The number of likely N-dealkylation sites (tertiary alicyclic amines) is 1. The fourth-order valence-corrected chi connectivity index (χ4v) is 3.48. The monoisotopic (exact) mass is 339 g/mol. The van der Waals surface area contributed by atoms with Crippen molar-refractivity contribution in [2.75, 3.05) is 13.1 Å². The van der Waals surface area contributed by atoms with E-state index < -0.39 is 0 Å². The van der Waals surface area contributed by atoms with Gasteiger partial charge in [0.05, 0.1) is 0 Å². The van der Waals surface area contributed by atoms with E-state index in [0.29, 0.717) is 5.92 Å². The number of rotatable bonds is 1. The van der Waals surface area contributed by atoms with Gasteiger partial charge in [-0.25, -0.2) is 0 Å². The van der Waals surface area contributed by atoms with Crippen LogP contribution in [-0.2, 0) is 6.42 Å². The lowest BCUT2D eigenvalue weighted by Crippen LogP contribution is -2.45. The van der Waals surface area contributed by atoms with Crippen LogP contribution in [0.4, 0.5) is 0 Å². The van der Waals surface area contributed by atoms with Gasteiger partial charge in [0.1, 0.15) is 11.9 Å². The third-order valence-corrected chi connectivity index (χ3v) is 4.71. The summed E-state index contributed by atoms with van der Waals surface area (Å²) in [5.74, 6) is 1.75. The van der Waals surface area contributed by atoms with Gasteiger partial charge in [-0.2, -0.15) is 0 Å². The zero-order valence-electron chi connectivity index (χ0n) is 11.1. The number of hydrogen-bond acceptors (Lipinski definition) is 3. The lowest BCUT2D eigenvalue weighted by atomic mass is 9.89. The number of piperidine rings is 1. The molecule has 0 aromatic heterocycles. The van der Waals surface area contributed by atoms with Gasteiger partial charge in [-0.05, 0) is 42.5 Å². The summed E-state index contributed by atoms with van der Waals surface area (Å²) in [5, 5.41) is 11.8. The number of halogens is 1. The van der Waals surface area contributed by atoms with Crippen molar-refractivity contribution in [3.8, 4) is 5.75 Å². The summed E-state index contributed by atoms with van der Waals surface area (Å²) in [6.07, 6.45) is 3.25. The number of benzene rings is 1. The van der Waals surface area contributed by atoms with Crippen molar-refractivity contribution in [1.29, 1.82) is 0 Å². The van der Waals surface area contributed by atoms with Gasteiger partial charge in [-0.15, -0.1) is 0 Å². The van der Waals surface area contributed by atoms with Crippen molar-refractivity contribution in [3.05, 3.63) is 28.2 Å². The molecule has 1 atom stereocenters. The fraction of sp³-hybridized carbons (Fsp3) is 0.500. The molecule has 0 bridgehead atoms. The molecule has 108 valence electrons. The minimum Gasteiger partial charge on any atom is -0.490 e. The molecule has 6 heteroatoms. The van der Waals surface area contributed by atoms with E-state index in [1.54, 1.807) is 0 Å². The summed E-state index contributed by atoms with van der Waals surface area (Å²) in [6, 6.07) is 6.19. The number of nitrogens with zero attached hydrogens (tertiary/aromatic N) is 2. The van der Waals surface area contributed by atoms with E-state index in [1.807, 2.05) is 17.0 Å². The molecule has 5 nitrogen and oxygen atoms in total. The lowest BCUT2D eigenvalue weighted by Gasteiger charge is -2.34. The molecule has 2 aliphatic rings. The molecule has 0 saturated carbocycles. The maximum Gasteiger partial charge on any atom is 0.233 e. The first-order valence-corrected chi connectivity index (χ1v) is 7.64. The van der Waals surface area contributed by atoms with E-state index in [2.05, 4.69) is 27.2 Å². The highest BCUT2D eigenvalue weighted by Gasteiger charge is 2.33. The Labute approximate surface area is 126 Å². The van der Waals surface area contributed by atoms with E-state index in [0.717, 1.165) is 42.6 Å². The average Bonchev–Trinajstić information content (AvgIpc) is 2.89. The van der Waals surface area contributed by atoms with Gasteiger partial charge in [-0.3, -0.25) is 0 Å². The fourth-order valence-electron chi connectivity index (χ4n) is 3.07. The standard InChI is InChI=1S/C14H18BrN3O2/c15-11-1-2-12-10(7-11)8-13(20-12)9-3-5-18(6-4-9)14(16)17-19/h1-2,7,9,13,19H,3-6,8H2,(H2,16,17). The number of fused-ring (bicyclic) bond motifs is 1. The molecule has 0 amide bonds. The topological polar surface area (TPSA) is 71.1 Å². The van der Waals surface area contributed by atoms with Crippen LogP contribution < -0.4 is 10.5 Å². The van der Waals surface area contributed by atoms with Gasteiger partial charge in [0.15, 0.2) is 0 Å². The molecule has 3 rings (SSSR count). The van der Waals surface area contributed by atoms with Crippen LogP contribution in [0.3, 0.4) is 0 Å². The van der Waals surface area contributed by atoms with Crippen molar-refractivity contribution in [2.24, 2.45) is 16.8 Å². The van der Waals surface area contributed by atoms with Crippen LogP contribution in [0.15, 0.2) is 27.8 Å². The second-order valence-electron chi connectivity index (χ2n) is 5.40. The van der Waals surface area contributed by atoms with Crippen LogP contribution in [0.2, 0.25) is 0 Å². The highest BCUT2D eigenvalue weighted by molar-refractivity contribution is 9.10.